The molecule has 1 N–H and O–H groups in total. The minimum absolute atomic E-state index is 0.220. The lowest BCUT2D eigenvalue weighted by molar-refractivity contribution is -0.130. The number of aryl methyl sites for hydroxylation is 1. The van der Waals surface area contributed by atoms with Crippen LogP contribution in [0, 0.1) is 6.92 Å². The Bertz CT molecular complexity index is 735. The number of hydrogen-bond acceptors (Lipinski definition) is 2. The van der Waals surface area contributed by atoms with E-state index in [1.807, 2.05) is 32.0 Å². The van der Waals surface area contributed by atoms with Gasteiger partial charge in [0.15, 0.2) is 0 Å². The molecule has 2 aromatic rings. The molecule has 0 saturated heterocycles. The van der Waals surface area contributed by atoms with Crippen molar-refractivity contribution in [3.8, 4) is 5.75 Å². The molecule has 0 aliphatic carbocycles. The SMILES string of the molecule is CCCOc1ccc(/C(=C/c2cccc(Cl)c2)C(=O)O)cc1C. The molecular formula is C19H19ClO3. The van der Waals surface area contributed by atoms with Crippen LogP contribution in [0.15, 0.2) is 42.5 Å². The number of rotatable bonds is 6. The van der Waals surface area contributed by atoms with Crippen LogP contribution in [0.4, 0.5) is 0 Å². The normalized spacial score (nSPS) is 11.3. The van der Waals surface area contributed by atoms with Crippen molar-refractivity contribution in [3.63, 3.8) is 0 Å². The number of carboxylic acids is 1. The molecule has 0 aliphatic heterocycles. The quantitative estimate of drug-likeness (QED) is 0.594. The van der Waals surface area contributed by atoms with Gasteiger partial charge in [0.05, 0.1) is 12.2 Å². The van der Waals surface area contributed by atoms with Crippen LogP contribution in [0.2, 0.25) is 5.02 Å². The van der Waals surface area contributed by atoms with E-state index in [9.17, 15) is 9.90 Å². The fraction of sp³-hybridized carbons (Fsp3) is 0.211. The molecule has 0 aliphatic rings. The molecule has 2 rings (SSSR count). The molecule has 0 fully saturated rings. The number of hydrogen-bond donors (Lipinski definition) is 1. The fourth-order valence-electron chi connectivity index (χ4n) is 2.22. The van der Waals surface area contributed by atoms with Gasteiger partial charge < -0.3 is 9.84 Å². The van der Waals surface area contributed by atoms with Crippen molar-refractivity contribution in [1.82, 2.24) is 0 Å². The summed E-state index contributed by atoms with van der Waals surface area (Å²) in [7, 11) is 0. The first-order chi connectivity index (χ1) is 11.0. The predicted molar refractivity (Wildman–Crippen MR) is 93.9 cm³/mol. The second-order valence-corrected chi connectivity index (χ2v) is 5.68. The lowest BCUT2D eigenvalue weighted by atomic mass is 10.0. The van der Waals surface area contributed by atoms with Crippen molar-refractivity contribution in [2.45, 2.75) is 20.3 Å². The summed E-state index contributed by atoms with van der Waals surface area (Å²) in [6, 6.07) is 12.5. The predicted octanol–water partition coefficient (Wildman–Crippen LogP) is 5.06. The first-order valence-corrected chi connectivity index (χ1v) is 7.83. The van der Waals surface area contributed by atoms with Crippen molar-refractivity contribution in [3.05, 3.63) is 64.2 Å². The molecule has 0 saturated carbocycles. The van der Waals surface area contributed by atoms with Crippen molar-refractivity contribution >= 4 is 29.2 Å². The summed E-state index contributed by atoms with van der Waals surface area (Å²) in [5, 5.41) is 10.1. The monoisotopic (exact) mass is 330 g/mol. The minimum Gasteiger partial charge on any atom is -0.493 e. The zero-order valence-corrected chi connectivity index (χ0v) is 13.9. The second kappa shape index (κ2) is 7.84. The first-order valence-electron chi connectivity index (χ1n) is 7.45. The van der Waals surface area contributed by atoms with Crippen molar-refractivity contribution in [2.24, 2.45) is 0 Å². The Hall–Kier alpha value is -2.26. The number of benzene rings is 2. The van der Waals surface area contributed by atoms with E-state index in [4.69, 9.17) is 16.3 Å². The Balaban J connectivity index is 2.38. The topological polar surface area (TPSA) is 46.5 Å². The third-order valence-electron chi connectivity index (χ3n) is 3.34. The highest BCUT2D eigenvalue weighted by molar-refractivity contribution is 6.30. The molecule has 0 aromatic heterocycles. The number of carbonyl (C=O) groups is 1. The molecule has 0 amide bonds. The Morgan fingerprint density at radius 2 is 2.04 bits per heavy atom. The average Bonchev–Trinajstić information content (AvgIpc) is 2.51. The molecule has 4 heteroatoms. The zero-order chi connectivity index (χ0) is 16.8. The van der Waals surface area contributed by atoms with Gasteiger partial charge in [-0.2, -0.15) is 0 Å². The van der Waals surface area contributed by atoms with Gasteiger partial charge in [-0.25, -0.2) is 4.79 Å². The summed E-state index contributed by atoms with van der Waals surface area (Å²) < 4.78 is 5.63. The van der Waals surface area contributed by atoms with E-state index in [-0.39, 0.29) is 5.57 Å². The summed E-state index contributed by atoms with van der Waals surface area (Å²) in [5.41, 5.74) is 2.52. The van der Waals surface area contributed by atoms with Gasteiger partial charge in [0.25, 0.3) is 0 Å². The first kappa shape index (κ1) is 17.1. The van der Waals surface area contributed by atoms with Gasteiger partial charge >= 0.3 is 5.97 Å². The van der Waals surface area contributed by atoms with Gasteiger partial charge in [0.1, 0.15) is 5.75 Å². The molecule has 0 bridgehead atoms. The molecule has 0 unspecified atom stereocenters. The minimum atomic E-state index is -0.980. The van der Waals surface area contributed by atoms with Gasteiger partial charge in [-0.3, -0.25) is 0 Å². The van der Waals surface area contributed by atoms with Gasteiger partial charge in [-0.05, 0) is 60.4 Å². The third-order valence-corrected chi connectivity index (χ3v) is 3.57. The highest BCUT2D eigenvalue weighted by Crippen LogP contribution is 2.26. The summed E-state index contributed by atoms with van der Waals surface area (Å²) >= 11 is 5.96. The Morgan fingerprint density at radius 1 is 1.26 bits per heavy atom. The van der Waals surface area contributed by atoms with E-state index in [1.165, 1.54) is 0 Å². The van der Waals surface area contributed by atoms with Crippen molar-refractivity contribution < 1.29 is 14.6 Å². The van der Waals surface area contributed by atoms with Gasteiger partial charge in [0.2, 0.25) is 0 Å². The Morgan fingerprint density at radius 3 is 2.65 bits per heavy atom. The summed E-state index contributed by atoms with van der Waals surface area (Å²) in [6.45, 7) is 4.59. The Labute approximate surface area is 141 Å². The van der Waals surface area contributed by atoms with E-state index >= 15 is 0 Å². The van der Waals surface area contributed by atoms with E-state index < -0.39 is 5.97 Å². The molecule has 3 nitrogen and oxygen atoms in total. The molecule has 120 valence electrons. The lowest BCUT2D eigenvalue weighted by Gasteiger charge is -2.10. The highest BCUT2D eigenvalue weighted by Gasteiger charge is 2.12. The Kier molecular flexibility index (Phi) is 5.83. The number of ether oxygens (including phenoxy) is 1. The van der Waals surface area contributed by atoms with Gasteiger partial charge in [-0.15, -0.1) is 0 Å². The zero-order valence-electron chi connectivity index (χ0n) is 13.2. The number of carboxylic acid groups (broad SMARTS) is 1. The van der Waals surface area contributed by atoms with E-state index in [2.05, 4.69) is 0 Å². The molecule has 0 heterocycles. The van der Waals surface area contributed by atoms with Crippen LogP contribution in [-0.4, -0.2) is 17.7 Å². The third kappa shape index (κ3) is 4.60. The number of halogens is 1. The summed E-state index contributed by atoms with van der Waals surface area (Å²) in [4.78, 5) is 11.6. The summed E-state index contributed by atoms with van der Waals surface area (Å²) in [5.74, 6) is -0.199. The second-order valence-electron chi connectivity index (χ2n) is 5.25. The van der Waals surface area contributed by atoms with Crippen molar-refractivity contribution in [2.75, 3.05) is 6.61 Å². The maximum absolute atomic E-state index is 11.6. The molecule has 0 radical (unpaired) electrons. The smallest absolute Gasteiger partial charge is 0.336 e. The molecule has 23 heavy (non-hydrogen) atoms. The maximum Gasteiger partial charge on any atom is 0.336 e. The van der Waals surface area contributed by atoms with Crippen LogP contribution in [0.3, 0.4) is 0 Å². The van der Waals surface area contributed by atoms with E-state index in [0.717, 1.165) is 23.3 Å². The lowest BCUT2D eigenvalue weighted by Crippen LogP contribution is -2.02. The van der Waals surface area contributed by atoms with Crippen LogP contribution in [-0.2, 0) is 4.79 Å². The van der Waals surface area contributed by atoms with Crippen LogP contribution in [0.25, 0.3) is 11.6 Å². The van der Waals surface area contributed by atoms with Gasteiger partial charge in [0, 0.05) is 5.02 Å². The standard InChI is InChI=1S/C19H19ClO3/c1-3-9-23-18-8-7-15(10-13(18)2)17(19(21)22)12-14-5-4-6-16(20)11-14/h4-8,10-12H,3,9H2,1-2H3,(H,21,22)/b17-12-. The van der Waals surface area contributed by atoms with Crippen LogP contribution in [0.5, 0.6) is 5.75 Å². The van der Waals surface area contributed by atoms with Gasteiger partial charge in [-0.1, -0.05) is 36.7 Å². The molecule has 0 atom stereocenters. The summed E-state index contributed by atoms with van der Waals surface area (Å²) in [6.07, 6.45) is 2.55. The fourth-order valence-corrected chi connectivity index (χ4v) is 2.42. The van der Waals surface area contributed by atoms with Crippen LogP contribution >= 0.6 is 11.6 Å². The van der Waals surface area contributed by atoms with Crippen LogP contribution < -0.4 is 4.74 Å². The highest BCUT2D eigenvalue weighted by atomic mass is 35.5. The van der Waals surface area contributed by atoms with Crippen molar-refractivity contribution in [1.29, 1.82) is 0 Å². The molecule has 0 spiro atoms. The largest absolute Gasteiger partial charge is 0.493 e. The van der Waals surface area contributed by atoms with Crippen LogP contribution in [0.1, 0.15) is 30.0 Å². The van der Waals surface area contributed by atoms with E-state index in [0.29, 0.717) is 17.2 Å². The molecular weight excluding hydrogens is 312 g/mol. The average molecular weight is 331 g/mol. The maximum atomic E-state index is 11.6. The molecule has 2 aromatic carbocycles. The van der Waals surface area contributed by atoms with E-state index in [1.54, 1.807) is 30.3 Å². The number of aliphatic carboxylic acids is 1.